The van der Waals surface area contributed by atoms with Crippen molar-refractivity contribution in [3.63, 3.8) is 0 Å². The van der Waals surface area contributed by atoms with E-state index in [1.165, 1.54) is 30.7 Å². The van der Waals surface area contributed by atoms with Crippen molar-refractivity contribution in [3.05, 3.63) is 126 Å². The molecule has 4 heterocycles. The zero-order chi connectivity index (χ0) is 40.1. The zero-order valence-corrected chi connectivity index (χ0v) is 33.4. The number of dihydropyridines is 1. The molecule has 7 rings (SSSR count). The number of Topliss-reactive ketones (excluding diaryl/α,β-unsaturated/α-hetero) is 2. The number of allylic oxidation sites excluding steroid dienone is 6. The van der Waals surface area contributed by atoms with Crippen molar-refractivity contribution >= 4 is 34.0 Å². The van der Waals surface area contributed by atoms with Crippen molar-refractivity contribution in [1.82, 2.24) is 14.9 Å². The number of nitrogens with zero attached hydrogens (tertiary/aromatic N) is 2. The van der Waals surface area contributed by atoms with E-state index in [-0.39, 0.29) is 41.5 Å². The molecule has 1 aliphatic carbocycles. The van der Waals surface area contributed by atoms with Crippen LogP contribution in [0.15, 0.2) is 109 Å². The highest BCUT2D eigenvalue weighted by atomic mass is 16.5. The number of esters is 1. The second-order valence-electron chi connectivity index (χ2n) is 15.9. The second kappa shape index (κ2) is 17.2. The summed E-state index contributed by atoms with van der Waals surface area (Å²) in [6.45, 7) is 6.43. The van der Waals surface area contributed by atoms with Gasteiger partial charge in [-0.25, -0.2) is 0 Å². The monoisotopic (exact) mass is 770 g/mol. The molecule has 57 heavy (non-hydrogen) atoms. The van der Waals surface area contributed by atoms with Gasteiger partial charge in [0.1, 0.15) is 23.5 Å². The molecule has 4 aromatic rings. The lowest BCUT2D eigenvalue weighted by Gasteiger charge is -2.38. The number of fused-ring (bicyclic) bond motifs is 3. The predicted octanol–water partition coefficient (Wildman–Crippen LogP) is 8.43. The number of phenols is 1. The molecule has 0 amide bonds. The van der Waals surface area contributed by atoms with Gasteiger partial charge in [-0.2, -0.15) is 0 Å². The number of benzene rings is 2. The van der Waals surface area contributed by atoms with Crippen LogP contribution in [0.3, 0.4) is 0 Å². The van der Waals surface area contributed by atoms with E-state index in [1.807, 2.05) is 18.3 Å². The quantitative estimate of drug-likeness (QED) is 0.167. The van der Waals surface area contributed by atoms with Gasteiger partial charge in [-0.05, 0) is 96.9 Å². The number of hydrogen-bond acceptors (Lipinski definition) is 8. The first kappa shape index (κ1) is 39.5. The molecular formula is C47H54N4O6. The number of aromatic nitrogens is 2. The molecule has 0 radical (unpaired) electrons. The first-order valence-corrected chi connectivity index (χ1v) is 20.1. The number of carbonyl (C=O) groups excluding carboxylic acids is 3. The Morgan fingerprint density at radius 1 is 1.04 bits per heavy atom. The molecule has 2 aromatic carbocycles. The molecule has 3 aliphatic rings. The van der Waals surface area contributed by atoms with E-state index in [0.717, 1.165) is 53.5 Å². The van der Waals surface area contributed by atoms with Gasteiger partial charge in [-0.3, -0.25) is 14.4 Å². The molecule has 0 saturated carbocycles. The maximum absolute atomic E-state index is 14.3. The zero-order valence-electron chi connectivity index (χ0n) is 33.4. The van der Waals surface area contributed by atoms with E-state index in [2.05, 4.69) is 93.9 Å². The van der Waals surface area contributed by atoms with E-state index in [0.29, 0.717) is 31.7 Å². The Bertz CT molecular complexity index is 2260. The largest absolute Gasteiger partial charge is 0.504 e. The SMILES string of the molecule is COc1cc(C2CC(=O)CC(OC(C)=O)CCC3(C=CC=CC3C)Cc3c[nH]cc3CCC3=CCNC(=C3)N(CCC(C)=O)c3cccc4cn2cc34)ccc1O. The molecule has 4 bridgehead atoms. The van der Waals surface area contributed by atoms with Crippen molar-refractivity contribution in [2.45, 2.75) is 84.3 Å². The molecule has 1 spiro atoms. The average molecular weight is 771 g/mol. The van der Waals surface area contributed by atoms with Crippen molar-refractivity contribution in [2.75, 3.05) is 25.1 Å². The van der Waals surface area contributed by atoms with Crippen molar-refractivity contribution in [3.8, 4) is 11.5 Å². The first-order chi connectivity index (χ1) is 27.5. The van der Waals surface area contributed by atoms with Crippen LogP contribution in [-0.4, -0.2) is 58.5 Å². The van der Waals surface area contributed by atoms with Gasteiger partial charge in [0.25, 0.3) is 0 Å². The number of anilines is 1. The van der Waals surface area contributed by atoms with E-state index < -0.39 is 18.1 Å². The van der Waals surface area contributed by atoms with E-state index in [9.17, 15) is 19.5 Å². The molecule has 3 N–H and O–H groups in total. The third-order valence-electron chi connectivity index (χ3n) is 12.0. The highest BCUT2D eigenvalue weighted by molar-refractivity contribution is 5.95. The summed E-state index contributed by atoms with van der Waals surface area (Å²) in [5.41, 5.74) is 5.26. The van der Waals surface area contributed by atoms with Crippen LogP contribution < -0.4 is 15.0 Å². The lowest BCUT2D eigenvalue weighted by molar-refractivity contribution is -0.148. The summed E-state index contributed by atoms with van der Waals surface area (Å²) in [6.07, 6.45) is 25.3. The maximum atomic E-state index is 14.3. The minimum Gasteiger partial charge on any atom is -0.504 e. The predicted molar refractivity (Wildman–Crippen MR) is 223 cm³/mol. The van der Waals surface area contributed by atoms with Crippen LogP contribution >= 0.6 is 0 Å². The highest BCUT2D eigenvalue weighted by Gasteiger charge is 2.36. The van der Waals surface area contributed by atoms with E-state index >= 15 is 0 Å². The lowest BCUT2D eigenvalue weighted by atomic mass is 9.66. The van der Waals surface area contributed by atoms with Gasteiger partial charge in [0.2, 0.25) is 0 Å². The summed E-state index contributed by atoms with van der Waals surface area (Å²) in [5.74, 6) is 1.13. The number of rotatable bonds is 6. The van der Waals surface area contributed by atoms with Crippen LogP contribution in [0.2, 0.25) is 0 Å². The summed E-state index contributed by atoms with van der Waals surface area (Å²) in [6, 6.07) is 10.9. The van der Waals surface area contributed by atoms with Crippen LogP contribution in [0.1, 0.15) is 82.0 Å². The number of ether oxygens (including phenoxy) is 2. The minimum atomic E-state index is -0.593. The molecule has 10 nitrogen and oxygen atoms in total. The van der Waals surface area contributed by atoms with Crippen LogP contribution in [0, 0.1) is 11.3 Å². The average Bonchev–Trinajstić information content (AvgIpc) is 3.83. The van der Waals surface area contributed by atoms with Crippen molar-refractivity contribution in [1.29, 1.82) is 0 Å². The maximum Gasteiger partial charge on any atom is 0.302 e. The number of carbonyl (C=O) groups is 3. The molecule has 10 heteroatoms. The number of aromatic amines is 1. The second-order valence-corrected chi connectivity index (χ2v) is 15.9. The topological polar surface area (TPSA) is 126 Å². The fourth-order valence-electron chi connectivity index (χ4n) is 8.76. The van der Waals surface area contributed by atoms with Gasteiger partial charge >= 0.3 is 5.97 Å². The summed E-state index contributed by atoms with van der Waals surface area (Å²) < 4.78 is 13.5. The third-order valence-corrected chi connectivity index (χ3v) is 12.0. The van der Waals surface area contributed by atoms with Crippen LogP contribution in [0.4, 0.5) is 5.69 Å². The van der Waals surface area contributed by atoms with Gasteiger partial charge in [0.05, 0.1) is 18.8 Å². The lowest BCUT2D eigenvalue weighted by Crippen LogP contribution is -2.35. The molecule has 0 saturated heterocycles. The summed E-state index contributed by atoms with van der Waals surface area (Å²) in [7, 11) is 1.51. The van der Waals surface area contributed by atoms with Gasteiger partial charge in [0, 0.05) is 74.8 Å². The number of phenolic OH excluding ortho intramolecular Hbond substituents is 1. The Kier molecular flexibility index (Phi) is 11.9. The van der Waals surface area contributed by atoms with Crippen LogP contribution in [-0.2, 0) is 32.0 Å². The molecule has 4 atom stereocenters. The Balaban J connectivity index is 1.35. The number of ketones is 2. The van der Waals surface area contributed by atoms with E-state index in [1.54, 1.807) is 19.1 Å². The van der Waals surface area contributed by atoms with Crippen LogP contribution in [0.25, 0.3) is 10.8 Å². The Morgan fingerprint density at radius 3 is 2.67 bits per heavy atom. The fraction of sp³-hybridized carbons (Fsp3) is 0.383. The summed E-state index contributed by atoms with van der Waals surface area (Å²) in [5, 5.41) is 16.1. The molecule has 2 aromatic heterocycles. The van der Waals surface area contributed by atoms with Crippen LogP contribution in [0.5, 0.6) is 11.5 Å². The number of H-pyrrole nitrogens is 1. The standard InChI is InChI=1S/C47H54N4O6/c1-31-8-5-6-18-47(31)19-15-40(57-33(3)53)24-39(54)25-43(35-13-14-44(55)45(23-35)56-4)50-29-37-9-7-10-42(41(37)30-50)51(21-17-32(2)52)46-22-34(16-20-49-46)11-12-36-27-48-28-38(36)26-47/h5-10,13-14,16,18,22-23,27-31,40,43,48-49,55H,11-12,15,17,19-21,24-26H2,1-4H3. The van der Waals surface area contributed by atoms with Gasteiger partial charge in [-0.1, -0.05) is 55.5 Å². The van der Waals surface area contributed by atoms with E-state index in [4.69, 9.17) is 9.47 Å². The Labute approximate surface area is 334 Å². The molecule has 0 fully saturated rings. The Hall–Kier alpha value is -5.77. The number of aryl methyl sites for hydroxylation is 1. The normalized spacial score (nSPS) is 23.0. The molecule has 2 aliphatic heterocycles. The van der Waals surface area contributed by atoms with Gasteiger partial charge < -0.3 is 34.3 Å². The van der Waals surface area contributed by atoms with Gasteiger partial charge in [0.15, 0.2) is 11.5 Å². The van der Waals surface area contributed by atoms with Crippen molar-refractivity contribution < 1.29 is 29.0 Å². The summed E-state index contributed by atoms with van der Waals surface area (Å²) in [4.78, 5) is 44.9. The Morgan fingerprint density at radius 2 is 1.88 bits per heavy atom. The number of aromatic hydroxyl groups is 1. The fourth-order valence-corrected chi connectivity index (χ4v) is 8.76. The third kappa shape index (κ3) is 8.95. The number of nitrogens with one attached hydrogen (secondary N) is 2. The number of hydrogen-bond donors (Lipinski definition) is 3. The van der Waals surface area contributed by atoms with Crippen molar-refractivity contribution in [2.24, 2.45) is 11.3 Å². The smallest absolute Gasteiger partial charge is 0.302 e. The first-order valence-electron chi connectivity index (χ1n) is 20.1. The minimum absolute atomic E-state index is 0.00877. The number of methoxy groups -OCH3 is 1. The molecule has 4 unspecified atom stereocenters. The molecule has 298 valence electrons. The molecular weight excluding hydrogens is 717 g/mol. The highest BCUT2D eigenvalue weighted by Crippen LogP contribution is 2.43. The summed E-state index contributed by atoms with van der Waals surface area (Å²) >= 11 is 0. The van der Waals surface area contributed by atoms with Gasteiger partial charge in [-0.15, -0.1) is 0 Å².